The van der Waals surface area contributed by atoms with Crippen LogP contribution in [0.25, 0.3) is 0 Å². The Balaban J connectivity index is 0.00000240. The third-order valence-corrected chi connectivity index (χ3v) is 5.27. The molecule has 2 fully saturated rings. The molecule has 1 amide bonds. The lowest BCUT2D eigenvalue weighted by Gasteiger charge is -2.24. The van der Waals surface area contributed by atoms with Crippen molar-refractivity contribution in [2.24, 2.45) is 5.73 Å². The van der Waals surface area contributed by atoms with Crippen molar-refractivity contribution in [1.82, 2.24) is 20.6 Å². The molecule has 1 aromatic carbocycles. The molecule has 3 heterocycles. The van der Waals surface area contributed by atoms with Gasteiger partial charge in [-0.2, -0.15) is 0 Å². The number of hydrogen-bond donors (Lipinski definition) is 4. The molecule has 29 heavy (non-hydrogen) atoms. The Kier molecular flexibility index (Phi) is 7.38. The maximum absolute atomic E-state index is 11.8. The number of primary amides is 1. The minimum atomic E-state index is -0.615. The zero-order valence-corrected chi connectivity index (χ0v) is 17.0. The molecule has 9 heteroatoms. The second kappa shape index (κ2) is 9.98. The van der Waals surface area contributed by atoms with Crippen LogP contribution < -0.4 is 21.7 Å². The number of piperidine rings is 1. The molecular formula is C20H27ClN6O2. The molecule has 0 radical (unpaired) electrons. The molecule has 0 saturated carbocycles. The van der Waals surface area contributed by atoms with E-state index in [-0.39, 0.29) is 24.2 Å². The van der Waals surface area contributed by atoms with Crippen LogP contribution >= 0.6 is 12.4 Å². The first-order valence-electron chi connectivity index (χ1n) is 9.77. The smallest absolute Gasteiger partial charge is 0.271 e. The van der Waals surface area contributed by atoms with E-state index in [1.54, 1.807) is 6.20 Å². The van der Waals surface area contributed by atoms with Crippen molar-refractivity contribution in [3.63, 3.8) is 0 Å². The number of ether oxygens (including phenoxy) is 1. The fourth-order valence-electron chi connectivity index (χ4n) is 3.71. The van der Waals surface area contributed by atoms with Crippen LogP contribution in [0.15, 0.2) is 30.5 Å². The van der Waals surface area contributed by atoms with Crippen molar-refractivity contribution < 1.29 is 9.53 Å². The summed E-state index contributed by atoms with van der Waals surface area (Å²) in [4.78, 5) is 20.6. The molecule has 0 bridgehead atoms. The van der Waals surface area contributed by atoms with Crippen LogP contribution in [0.2, 0.25) is 0 Å². The number of amides is 1. The normalized spacial score (nSPS) is 19.9. The zero-order chi connectivity index (χ0) is 19.3. The number of nitrogens with one attached hydrogen (secondary N) is 3. The van der Waals surface area contributed by atoms with Crippen molar-refractivity contribution in [2.75, 3.05) is 38.1 Å². The highest BCUT2D eigenvalue weighted by molar-refractivity contribution is 5.96. The van der Waals surface area contributed by atoms with E-state index in [1.165, 1.54) is 5.56 Å². The lowest BCUT2D eigenvalue weighted by molar-refractivity contribution is 0.0248. The second-order valence-electron chi connectivity index (χ2n) is 7.19. The maximum atomic E-state index is 11.8. The number of halogens is 1. The molecule has 156 valence electrons. The number of anilines is 2. The van der Waals surface area contributed by atoms with Crippen LogP contribution in [-0.4, -0.2) is 48.7 Å². The SMILES string of the molecule is Cl.NC(=O)c1ncc(C2CNCCO2)nc1Nc1ccc(C2CCNCC2)cc1. The molecule has 1 aromatic heterocycles. The number of morpholine rings is 1. The van der Waals surface area contributed by atoms with E-state index >= 15 is 0 Å². The van der Waals surface area contributed by atoms with Crippen molar-refractivity contribution in [1.29, 1.82) is 0 Å². The van der Waals surface area contributed by atoms with E-state index in [9.17, 15) is 4.79 Å². The van der Waals surface area contributed by atoms with Gasteiger partial charge in [0.05, 0.1) is 18.5 Å². The van der Waals surface area contributed by atoms with Gasteiger partial charge in [-0.05, 0) is 49.5 Å². The molecule has 2 aromatic rings. The number of nitrogens with zero attached hydrogens (tertiary/aromatic N) is 2. The van der Waals surface area contributed by atoms with E-state index < -0.39 is 5.91 Å². The van der Waals surface area contributed by atoms with E-state index in [0.717, 1.165) is 38.2 Å². The highest BCUT2D eigenvalue weighted by Gasteiger charge is 2.21. The number of aromatic nitrogens is 2. The molecule has 1 unspecified atom stereocenters. The fourth-order valence-corrected chi connectivity index (χ4v) is 3.71. The Labute approximate surface area is 176 Å². The summed E-state index contributed by atoms with van der Waals surface area (Å²) in [5.41, 5.74) is 8.46. The van der Waals surface area contributed by atoms with Crippen LogP contribution in [0.3, 0.4) is 0 Å². The Hall–Kier alpha value is -2.26. The summed E-state index contributed by atoms with van der Waals surface area (Å²) >= 11 is 0. The summed E-state index contributed by atoms with van der Waals surface area (Å²) in [5.74, 6) is 0.333. The minimum absolute atomic E-state index is 0. The third kappa shape index (κ3) is 5.22. The fraction of sp³-hybridized carbons (Fsp3) is 0.450. The molecule has 2 aliphatic rings. The molecule has 2 saturated heterocycles. The van der Waals surface area contributed by atoms with Gasteiger partial charge in [-0.15, -0.1) is 12.4 Å². The number of rotatable bonds is 5. The number of hydrogen-bond acceptors (Lipinski definition) is 7. The Morgan fingerprint density at radius 3 is 2.55 bits per heavy atom. The van der Waals surface area contributed by atoms with Crippen LogP contribution in [0.5, 0.6) is 0 Å². The predicted molar refractivity (Wildman–Crippen MR) is 114 cm³/mol. The molecule has 4 rings (SSSR count). The van der Waals surface area contributed by atoms with Gasteiger partial charge in [-0.1, -0.05) is 12.1 Å². The average Bonchev–Trinajstić information content (AvgIpc) is 2.75. The Morgan fingerprint density at radius 1 is 1.14 bits per heavy atom. The van der Waals surface area contributed by atoms with Gasteiger partial charge in [-0.3, -0.25) is 4.79 Å². The summed E-state index contributed by atoms with van der Waals surface area (Å²) in [7, 11) is 0. The molecule has 5 N–H and O–H groups in total. The Bertz CT molecular complexity index is 820. The van der Waals surface area contributed by atoms with Gasteiger partial charge >= 0.3 is 0 Å². The van der Waals surface area contributed by atoms with Gasteiger partial charge in [0.25, 0.3) is 5.91 Å². The van der Waals surface area contributed by atoms with Crippen LogP contribution in [0, 0.1) is 0 Å². The predicted octanol–water partition coefficient (Wildman–Crippen LogP) is 1.87. The van der Waals surface area contributed by atoms with Gasteiger partial charge in [0, 0.05) is 18.8 Å². The monoisotopic (exact) mass is 418 g/mol. The van der Waals surface area contributed by atoms with Crippen molar-refractivity contribution in [3.05, 3.63) is 47.4 Å². The molecule has 0 spiro atoms. The van der Waals surface area contributed by atoms with Gasteiger partial charge in [0.1, 0.15) is 6.10 Å². The lowest BCUT2D eigenvalue weighted by Crippen LogP contribution is -2.34. The van der Waals surface area contributed by atoms with E-state index in [0.29, 0.717) is 30.6 Å². The van der Waals surface area contributed by atoms with Gasteiger partial charge in [0.2, 0.25) is 0 Å². The Morgan fingerprint density at radius 2 is 1.90 bits per heavy atom. The van der Waals surface area contributed by atoms with E-state index in [1.807, 2.05) is 12.1 Å². The summed E-state index contributed by atoms with van der Waals surface area (Å²) in [6.45, 7) is 4.22. The van der Waals surface area contributed by atoms with Gasteiger partial charge in [0.15, 0.2) is 11.5 Å². The quantitative estimate of drug-likeness (QED) is 0.586. The molecule has 2 aliphatic heterocycles. The highest BCUT2D eigenvalue weighted by atomic mass is 35.5. The van der Waals surface area contributed by atoms with Crippen LogP contribution in [0.1, 0.15) is 46.6 Å². The van der Waals surface area contributed by atoms with Gasteiger partial charge in [-0.25, -0.2) is 9.97 Å². The number of carbonyl (C=O) groups excluding carboxylic acids is 1. The summed E-state index contributed by atoms with van der Waals surface area (Å²) in [6, 6.07) is 8.28. The maximum Gasteiger partial charge on any atom is 0.271 e. The highest BCUT2D eigenvalue weighted by Crippen LogP contribution is 2.27. The summed E-state index contributed by atoms with van der Waals surface area (Å²) in [5, 5.41) is 9.86. The summed E-state index contributed by atoms with van der Waals surface area (Å²) < 4.78 is 5.74. The topological polar surface area (TPSA) is 114 Å². The first-order valence-corrected chi connectivity index (χ1v) is 9.77. The number of nitrogens with two attached hydrogens (primary N) is 1. The lowest BCUT2D eigenvalue weighted by atomic mass is 9.90. The molecule has 8 nitrogen and oxygen atoms in total. The zero-order valence-electron chi connectivity index (χ0n) is 16.2. The number of carbonyl (C=O) groups is 1. The standard InChI is InChI=1S/C20H26N6O2.ClH/c21-19(27)18-20(26-16(11-24-18)17-12-23-9-10-28-17)25-15-3-1-13(2-4-15)14-5-7-22-8-6-14;/h1-4,11,14,17,22-23H,5-10,12H2,(H2,21,27)(H,25,26);1H. The molecule has 1 atom stereocenters. The van der Waals surface area contributed by atoms with E-state index in [4.69, 9.17) is 10.5 Å². The second-order valence-corrected chi connectivity index (χ2v) is 7.19. The van der Waals surface area contributed by atoms with Crippen molar-refractivity contribution in [3.8, 4) is 0 Å². The average molecular weight is 419 g/mol. The summed E-state index contributed by atoms with van der Waals surface area (Å²) in [6.07, 6.45) is 3.68. The first-order chi connectivity index (χ1) is 13.7. The van der Waals surface area contributed by atoms with Crippen LogP contribution in [-0.2, 0) is 4.74 Å². The minimum Gasteiger partial charge on any atom is -0.369 e. The molecule has 0 aliphatic carbocycles. The number of benzene rings is 1. The van der Waals surface area contributed by atoms with Crippen LogP contribution in [0.4, 0.5) is 11.5 Å². The van der Waals surface area contributed by atoms with Gasteiger partial charge < -0.3 is 26.4 Å². The van der Waals surface area contributed by atoms with Crippen molar-refractivity contribution in [2.45, 2.75) is 24.9 Å². The largest absolute Gasteiger partial charge is 0.369 e. The van der Waals surface area contributed by atoms with Crippen molar-refractivity contribution >= 4 is 29.8 Å². The molecular weight excluding hydrogens is 392 g/mol. The third-order valence-electron chi connectivity index (χ3n) is 5.27. The van der Waals surface area contributed by atoms with E-state index in [2.05, 4.69) is 38.1 Å². The first kappa shape index (κ1) is 21.4.